The SMILES string of the molecule is CCOC(=O)c1ccc(-c2cccnc2N)c2ccccc12. The van der Waals surface area contributed by atoms with Crippen molar-refractivity contribution in [1.82, 2.24) is 4.98 Å². The number of nitrogens with two attached hydrogens (primary N) is 1. The van der Waals surface area contributed by atoms with Gasteiger partial charge in [-0.1, -0.05) is 30.3 Å². The van der Waals surface area contributed by atoms with Crippen LogP contribution in [0.2, 0.25) is 0 Å². The van der Waals surface area contributed by atoms with E-state index in [1.807, 2.05) is 42.5 Å². The van der Waals surface area contributed by atoms with E-state index in [1.54, 1.807) is 19.2 Å². The molecule has 4 nitrogen and oxygen atoms in total. The molecule has 1 heterocycles. The number of aromatic nitrogens is 1. The van der Waals surface area contributed by atoms with Crippen molar-refractivity contribution in [2.24, 2.45) is 0 Å². The summed E-state index contributed by atoms with van der Waals surface area (Å²) in [6, 6.07) is 15.2. The molecule has 0 unspecified atom stereocenters. The van der Waals surface area contributed by atoms with Crippen LogP contribution in [0, 0.1) is 0 Å². The number of nitrogens with zero attached hydrogens (tertiary/aromatic N) is 1. The summed E-state index contributed by atoms with van der Waals surface area (Å²) in [6.45, 7) is 2.15. The maximum atomic E-state index is 12.1. The van der Waals surface area contributed by atoms with Crippen LogP contribution in [0.1, 0.15) is 17.3 Å². The normalized spacial score (nSPS) is 10.6. The topological polar surface area (TPSA) is 65.2 Å². The average Bonchev–Trinajstić information content (AvgIpc) is 2.55. The van der Waals surface area contributed by atoms with Gasteiger partial charge in [-0.15, -0.1) is 0 Å². The van der Waals surface area contributed by atoms with Crippen LogP contribution in [-0.2, 0) is 4.74 Å². The van der Waals surface area contributed by atoms with E-state index < -0.39 is 0 Å². The number of esters is 1. The number of benzene rings is 2. The van der Waals surface area contributed by atoms with Gasteiger partial charge in [-0.3, -0.25) is 0 Å². The van der Waals surface area contributed by atoms with E-state index in [0.29, 0.717) is 18.0 Å². The van der Waals surface area contributed by atoms with Crippen molar-refractivity contribution in [3.8, 4) is 11.1 Å². The quantitative estimate of drug-likeness (QED) is 0.748. The molecule has 0 fully saturated rings. The molecule has 0 aliphatic rings. The molecule has 2 N–H and O–H groups in total. The monoisotopic (exact) mass is 292 g/mol. The fourth-order valence-corrected chi connectivity index (χ4v) is 2.57. The van der Waals surface area contributed by atoms with Gasteiger partial charge < -0.3 is 10.5 Å². The Balaban J connectivity index is 2.25. The summed E-state index contributed by atoms with van der Waals surface area (Å²) in [7, 11) is 0. The summed E-state index contributed by atoms with van der Waals surface area (Å²) in [5, 5.41) is 1.80. The fraction of sp³-hybridized carbons (Fsp3) is 0.111. The van der Waals surface area contributed by atoms with Crippen molar-refractivity contribution in [1.29, 1.82) is 0 Å². The number of rotatable bonds is 3. The minimum absolute atomic E-state index is 0.315. The third-order valence-electron chi connectivity index (χ3n) is 3.55. The number of ether oxygens (including phenoxy) is 1. The molecule has 0 saturated heterocycles. The van der Waals surface area contributed by atoms with Crippen LogP contribution >= 0.6 is 0 Å². The second-order valence-corrected chi connectivity index (χ2v) is 4.86. The van der Waals surface area contributed by atoms with E-state index in [1.165, 1.54) is 0 Å². The van der Waals surface area contributed by atoms with Crippen molar-refractivity contribution in [3.63, 3.8) is 0 Å². The highest BCUT2D eigenvalue weighted by Crippen LogP contribution is 2.33. The molecule has 4 heteroatoms. The van der Waals surface area contributed by atoms with E-state index in [-0.39, 0.29) is 5.97 Å². The Morgan fingerprint density at radius 1 is 1.05 bits per heavy atom. The lowest BCUT2D eigenvalue weighted by Crippen LogP contribution is -2.05. The minimum atomic E-state index is -0.315. The average molecular weight is 292 g/mol. The molecule has 0 saturated carbocycles. The molecule has 1 aromatic heterocycles. The summed E-state index contributed by atoms with van der Waals surface area (Å²) in [4.78, 5) is 16.2. The van der Waals surface area contributed by atoms with Gasteiger partial charge in [0.25, 0.3) is 0 Å². The molecule has 0 aliphatic heterocycles. The lowest BCUT2D eigenvalue weighted by molar-refractivity contribution is 0.0528. The van der Waals surface area contributed by atoms with Gasteiger partial charge >= 0.3 is 5.97 Å². The van der Waals surface area contributed by atoms with Crippen LogP contribution in [0.25, 0.3) is 21.9 Å². The zero-order chi connectivity index (χ0) is 15.5. The third kappa shape index (κ3) is 2.39. The van der Waals surface area contributed by atoms with E-state index in [9.17, 15) is 4.79 Å². The molecular weight excluding hydrogens is 276 g/mol. The Morgan fingerprint density at radius 2 is 1.82 bits per heavy atom. The number of anilines is 1. The minimum Gasteiger partial charge on any atom is -0.462 e. The third-order valence-corrected chi connectivity index (χ3v) is 3.55. The number of carbonyl (C=O) groups excluding carboxylic acids is 1. The van der Waals surface area contributed by atoms with Crippen molar-refractivity contribution < 1.29 is 9.53 Å². The summed E-state index contributed by atoms with van der Waals surface area (Å²) in [5.74, 6) is 0.154. The van der Waals surface area contributed by atoms with Gasteiger partial charge in [-0.05, 0) is 41.5 Å². The van der Waals surface area contributed by atoms with E-state index in [0.717, 1.165) is 21.9 Å². The van der Waals surface area contributed by atoms with Gasteiger partial charge in [0.1, 0.15) is 5.82 Å². The van der Waals surface area contributed by atoms with Crippen LogP contribution in [-0.4, -0.2) is 17.6 Å². The Hall–Kier alpha value is -2.88. The maximum Gasteiger partial charge on any atom is 0.338 e. The van der Waals surface area contributed by atoms with Gasteiger partial charge in [-0.2, -0.15) is 0 Å². The van der Waals surface area contributed by atoms with Crippen molar-refractivity contribution in [3.05, 3.63) is 60.3 Å². The summed E-state index contributed by atoms with van der Waals surface area (Å²) < 4.78 is 5.13. The molecule has 3 rings (SSSR count). The largest absolute Gasteiger partial charge is 0.462 e. The predicted molar refractivity (Wildman–Crippen MR) is 87.5 cm³/mol. The van der Waals surface area contributed by atoms with Gasteiger partial charge in [0, 0.05) is 11.8 Å². The van der Waals surface area contributed by atoms with Crippen molar-refractivity contribution in [2.75, 3.05) is 12.3 Å². The summed E-state index contributed by atoms with van der Waals surface area (Å²) >= 11 is 0. The smallest absolute Gasteiger partial charge is 0.338 e. The van der Waals surface area contributed by atoms with Crippen molar-refractivity contribution in [2.45, 2.75) is 6.92 Å². The first-order chi connectivity index (χ1) is 10.7. The molecule has 0 atom stereocenters. The Labute approximate surface area is 128 Å². The number of fused-ring (bicyclic) bond motifs is 1. The lowest BCUT2D eigenvalue weighted by Gasteiger charge is -2.12. The first-order valence-corrected chi connectivity index (χ1v) is 7.12. The molecule has 2 aromatic carbocycles. The summed E-state index contributed by atoms with van der Waals surface area (Å²) in [6.07, 6.45) is 1.66. The fourth-order valence-electron chi connectivity index (χ4n) is 2.57. The molecule has 0 amide bonds. The Bertz CT molecular complexity index is 843. The zero-order valence-corrected chi connectivity index (χ0v) is 12.2. The number of hydrogen-bond acceptors (Lipinski definition) is 4. The zero-order valence-electron chi connectivity index (χ0n) is 12.2. The highest BCUT2D eigenvalue weighted by Gasteiger charge is 2.15. The maximum absolute atomic E-state index is 12.1. The van der Waals surface area contributed by atoms with E-state index in [4.69, 9.17) is 10.5 Å². The highest BCUT2D eigenvalue weighted by molar-refractivity contribution is 6.09. The van der Waals surface area contributed by atoms with Crippen molar-refractivity contribution >= 4 is 22.6 Å². The number of pyridine rings is 1. The molecule has 0 bridgehead atoms. The number of carbonyl (C=O) groups is 1. The van der Waals surface area contributed by atoms with Gasteiger partial charge in [-0.25, -0.2) is 9.78 Å². The first kappa shape index (κ1) is 14.1. The van der Waals surface area contributed by atoms with Gasteiger partial charge in [0.2, 0.25) is 0 Å². The van der Waals surface area contributed by atoms with Gasteiger partial charge in [0.05, 0.1) is 12.2 Å². The van der Waals surface area contributed by atoms with Crippen LogP contribution in [0.3, 0.4) is 0 Å². The van der Waals surface area contributed by atoms with Crippen LogP contribution in [0.5, 0.6) is 0 Å². The molecule has 110 valence electrons. The van der Waals surface area contributed by atoms with Crippen LogP contribution in [0.15, 0.2) is 54.7 Å². The number of nitrogen functional groups attached to an aromatic ring is 1. The van der Waals surface area contributed by atoms with Crippen LogP contribution in [0.4, 0.5) is 5.82 Å². The molecule has 22 heavy (non-hydrogen) atoms. The van der Waals surface area contributed by atoms with Crippen LogP contribution < -0.4 is 5.73 Å². The Kier molecular flexibility index (Phi) is 3.74. The van der Waals surface area contributed by atoms with E-state index in [2.05, 4.69) is 4.98 Å². The Morgan fingerprint density at radius 3 is 2.55 bits per heavy atom. The number of hydrogen-bond donors (Lipinski definition) is 1. The summed E-state index contributed by atoms with van der Waals surface area (Å²) in [5.41, 5.74) is 8.35. The molecule has 3 aromatic rings. The molecule has 0 radical (unpaired) electrons. The lowest BCUT2D eigenvalue weighted by atomic mass is 9.95. The molecule has 0 spiro atoms. The predicted octanol–water partition coefficient (Wildman–Crippen LogP) is 3.66. The molecular formula is C18H16N2O2. The van der Waals surface area contributed by atoms with Gasteiger partial charge in [0.15, 0.2) is 0 Å². The second kappa shape index (κ2) is 5.85. The highest BCUT2D eigenvalue weighted by atomic mass is 16.5. The standard InChI is InChI=1S/C18H16N2O2/c1-2-22-18(21)16-10-9-14(12-6-3-4-7-13(12)16)15-8-5-11-20-17(15)19/h3-11H,2H2,1H3,(H2,19,20). The second-order valence-electron chi connectivity index (χ2n) is 4.86. The molecule has 0 aliphatic carbocycles. The van der Waals surface area contributed by atoms with E-state index >= 15 is 0 Å². The first-order valence-electron chi connectivity index (χ1n) is 7.12.